The van der Waals surface area contributed by atoms with Crippen molar-refractivity contribution in [2.75, 3.05) is 11.8 Å². The van der Waals surface area contributed by atoms with Crippen LogP contribution in [0, 0.1) is 5.41 Å². The Bertz CT molecular complexity index is 1480. The average Bonchev–Trinajstić information content (AvgIpc) is 3.22. The molecule has 2 fully saturated rings. The third kappa shape index (κ3) is 3.24. The van der Waals surface area contributed by atoms with Gasteiger partial charge in [0.15, 0.2) is 5.82 Å². The van der Waals surface area contributed by atoms with Crippen molar-refractivity contribution in [1.82, 2.24) is 24.5 Å². The van der Waals surface area contributed by atoms with Gasteiger partial charge in [-0.2, -0.15) is 10.2 Å². The fourth-order valence-electron chi connectivity index (χ4n) is 5.07. The van der Waals surface area contributed by atoms with Gasteiger partial charge in [0.05, 0.1) is 35.4 Å². The van der Waals surface area contributed by atoms with E-state index < -0.39 is 10.0 Å². The number of ether oxygens (including phenoxy) is 1. The molecule has 3 aromatic heterocycles. The molecule has 1 spiro atoms. The van der Waals surface area contributed by atoms with Crippen molar-refractivity contribution in [3.05, 3.63) is 60.7 Å². The van der Waals surface area contributed by atoms with E-state index in [0.29, 0.717) is 22.4 Å². The largest absolute Gasteiger partial charge is 0.373 e. The summed E-state index contributed by atoms with van der Waals surface area (Å²) in [5, 5.41) is 9.34. The fraction of sp³-hybridized carbons (Fsp3) is 0.348. The van der Waals surface area contributed by atoms with Gasteiger partial charge in [0.25, 0.3) is 10.0 Å². The number of nitrogens with zero attached hydrogens (tertiary/aromatic N) is 5. The fourth-order valence-corrected chi connectivity index (χ4v) is 6.07. The highest BCUT2D eigenvalue weighted by Crippen LogP contribution is 2.69. The van der Waals surface area contributed by atoms with E-state index in [1.54, 1.807) is 43.4 Å². The minimum Gasteiger partial charge on any atom is -0.373 e. The van der Waals surface area contributed by atoms with Gasteiger partial charge in [-0.3, -0.25) is 9.40 Å². The molecule has 2 aliphatic carbocycles. The van der Waals surface area contributed by atoms with Gasteiger partial charge < -0.3 is 4.74 Å². The van der Waals surface area contributed by atoms with Crippen molar-refractivity contribution in [2.45, 2.75) is 36.2 Å². The van der Waals surface area contributed by atoms with E-state index in [4.69, 9.17) is 4.74 Å². The first-order valence-electron chi connectivity index (χ1n) is 10.8. The highest BCUT2D eigenvalue weighted by atomic mass is 32.2. The molecule has 2 saturated carbocycles. The summed E-state index contributed by atoms with van der Waals surface area (Å²) in [6, 6.07) is 9.30. The molecular formula is C23H24N6O3S. The van der Waals surface area contributed by atoms with E-state index in [1.165, 1.54) is 29.9 Å². The van der Waals surface area contributed by atoms with Gasteiger partial charge in [-0.25, -0.2) is 18.1 Å². The summed E-state index contributed by atoms with van der Waals surface area (Å²) in [4.78, 5) is 4.46. The molecule has 0 radical (unpaired) electrons. The van der Waals surface area contributed by atoms with Crippen LogP contribution in [0.5, 0.6) is 0 Å². The van der Waals surface area contributed by atoms with Gasteiger partial charge >= 0.3 is 0 Å². The number of rotatable bonds is 6. The lowest BCUT2D eigenvalue weighted by molar-refractivity contribution is -0.122. The van der Waals surface area contributed by atoms with Crippen LogP contribution in [-0.4, -0.2) is 40.1 Å². The van der Waals surface area contributed by atoms with Crippen LogP contribution in [0.4, 0.5) is 5.69 Å². The van der Waals surface area contributed by atoms with Crippen molar-refractivity contribution < 1.29 is 13.2 Å². The minimum absolute atomic E-state index is 0.0518. The highest BCUT2D eigenvalue weighted by molar-refractivity contribution is 7.92. The Morgan fingerprint density at radius 1 is 1.12 bits per heavy atom. The zero-order valence-corrected chi connectivity index (χ0v) is 19.2. The smallest absolute Gasteiger partial charge is 0.265 e. The number of hydrogen-bond donors (Lipinski definition) is 1. The number of sulfonamides is 1. The van der Waals surface area contributed by atoms with Gasteiger partial charge in [0.2, 0.25) is 0 Å². The minimum atomic E-state index is -3.86. The third-order valence-corrected chi connectivity index (χ3v) is 8.37. The molecular weight excluding hydrogens is 440 g/mol. The van der Waals surface area contributed by atoms with Crippen LogP contribution in [0.1, 0.15) is 31.2 Å². The molecule has 2 aliphatic rings. The van der Waals surface area contributed by atoms with E-state index in [0.717, 1.165) is 23.8 Å². The summed E-state index contributed by atoms with van der Waals surface area (Å²) in [7, 11) is -0.330. The molecule has 0 atom stereocenters. The highest BCUT2D eigenvalue weighted by Gasteiger charge is 2.62. The van der Waals surface area contributed by atoms with Crippen LogP contribution in [0.2, 0.25) is 0 Å². The van der Waals surface area contributed by atoms with Crippen LogP contribution >= 0.6 is 0 Å². The van der Waals surface area contributed by atoms with E-state index in [2.05, 4.69) is 19.9 Å². The van der Waals surface area contributed by atoms with E-state index in [-0.39, 0.29) is 10.5 Å². The molecule has 0 amide bonds. The lowest BCUT2D eigenvalue weighted by atomic mass is 9.65. The first-order chi connectivity index (χ1) is 15.8. The molecule has 10 heteroatoms. The number of fused-ring (bicyclic) bond motifs is 1. The number of aryl methyl sites for hydroxylation is 1. The van der Waals surface area contributed by atoms with Crippen molar-refractivity contribution in [2.24, 2.45) is 12.5 Å². The van der Waals surface area contributed by atoms with Gasteiger partial charge in [0, 0.05) is 25.7 Å². The predicted octanol–water partition coefficient (Wildman–Crippen LogP) is 3.37. The maximum absolute atomic E-state index is 13.1. The first-order valence-corrected chi connectivity index (χ1v) is 12.3. The van der Waals surface area contributed by atoms with E-state index in [9.17, 15) is 8.42 Å². The molecule has 4 aromatic rings. The molecule has 1 N–H and O–H groups in total. The monoisotopic (exact) mass is 464 g/mol. The average molecular weight is 465 g/mol. The normalized spacial score (nSPS) is 18.4. The van der Waals surface area contributed by atoms with Crippen LogP contribution in [0.3, 0.4) is 0 Å². The van der Waals surface area contributed by atoms with Crippen molar-refractivity contribution in [3.8, 4) is 5.82 Å². The van der Waals surface area contributed by atoms with Gasteiger partial charge in [-0.15, -0.1) is 0 Å². The number of hydrogen-bond acceptors (Lipinski definition) is 6. The molecule has 1 aromatic carbocycles. The molecule has 6 rings (SSSR count). The zero-order chi connectivity index (χ0) is 22.8. The summed E-state index contributed by atoms with van der Waals surface area (Å²) < 4.78 is 37.9. The van der Waals surface area contributed by atoms with Gasteiger partial charge in [-0.1, -0.05) is 12.1 Å². The Hall–Kier alpha value is -3.24. The van der Waals surface area contributed by atoms with Crippen LogP contribution in [0.25, 0.3) is 16.7 Å². The summed E-state index contributed by atoms with van der Waals surface area (Å²) in [5.74, 6) is 0.552. The predicted molar refractivity (Wildman–Crippen MR) is 122 cm³/mol. The lowest BCUT2D eigenvalue weighted by Gasteiger charge is -2.48. The van der Waals surface area contributed by atoms with Crippen molar-refractivity contribution >= 4 is 26.6 Å². The number of para-hydroxylation sites is 1. The Balaban J connectivity index is 1.29. The Kier molecular flexibility index (Phi) is 4.25. The lowest BCUT2D eigenvalue weighted by Crippen LogP contribution is -2.44. The number of aromatic nitrogens is 5. The molecule has 0 unspecified atom stereocenters. The third-order valence-electron chi connectivity index (χ3n) is 7.05. The van der Waals surface area contributed by atoms with Gasteiger partial charge in [0.1, 0.15) is 4.90 Å². The van der Waals surface area contributed by atoms with Crippen molar-refractivity contribution in [3.63, 3.8) is 0 Å². The van der Waals surface area contributed by atoms with E-state index >= 15 is 0 Å². The summed E-state index contributed by atoms with van der Waals surface area (Å²) >= 11 is 0. The number of methoxy groups -OCH3 is 1. The number of anilines is 1. The van der Waals surface area contributed by atoms with Gasteiger partial charge in [-0.05, 0) is 54.9 Å². The number of benzene rings is 1. The zero-order valence-electron chi connectivity index (χ0n) is 18.4. The van der Waals surface area contributed by atoms with E-state index in [1.807, 2.05) is 18.2 Å². The number of pyridine rings is 1. The number of nitrogens with one attached hydrogen (secondary N) is 1. The SMILES string of the molecule is COC1(c2ccnc(-n3cc(S(=O)(=O)Nc4cccc5cnn(C)c45)cn3)c2)CC2(CC2)C1. The molecule has 9 nitrogen and oxygen atoms in total. The standard InChI is InChI=1S/C23H24N6O3S/c1-28-21-16(11-25-28)4-3-5-19(21)27-33(30,31)18-12-26-29(13-18)20-10-17(6-9-24-20)23(32-2)14-22(15-23)7-8-22/h3-6,9-13,27H,7-8,14-15H2,1-2H3. The first kappa shape index (κ1) is 20.4. The Labute approximate surface area is 191 Å². The van der Waals surface area contributed by atoms with Crippen LogP contribution in [-0.2, 0) is 27.4 Å². The maximum Gasteiger partial charge on any atom is 0.265 e. The summed E-state index contributed by atoms with van der Waals surface area (Å²) in [6.07, 6.45) is 10.8. The Morgan fingerprint density at radius 2 is 1.94 bits per heavy atom. The molecule has 0 bridgehead atoms. The topological polar surface area (TPSA) is 104 Å². The Morgan fingerprint density at radius 3 is 2.70 bits per heavy atom. The molecule has 170 valence electrons. The maximum atomic E-state index is 13.1. The van der Waals surface area contributed by atoms with Crippen LogP contribution in [0.15, 0.2) is 60.0 Å². The molecule has 3 heterocycles. The second-order valence-corrected chi connectivity index (χ2v) is 10.9. The van der Waals surface area contributed by atoms with Crippen molar-refractivity contribution in [1.29, 1.82) is 0 Å². The molecule has 0 aliphatic heterocycles. The quantitative estimate of drug-likeness (QED) is 0.469. The van der Waals surface area contributed by atoms with Crippen LogP contribution < -0.4 is 4.72 Å². The molecule has 33 heavy (non-hydrogen) atoms. The second kappa shape index (κ2) is 6.88. The second-order valence-electron chi connectivity index (χ2n) is 9.19. The molecule has 0 saturated heterocycles. The summed E-state index contributed by atoms with van der Waals surface area (Å²) in [5.41, 5.74) is 2.39. The summed E-state index contributed by atoms with van der Waals surface area (Å²) in [6.45, 7) is 0.